The van der Waals surface area contributed by atoms with E-state index in [4.69, 9.17) is 4.98 Å². The van der Waals surface area contributed by atoms with Crippen LogP contribution in [0, 0.1) is 18.3 Å². The van der Waals surface area contributed by atoms with Crippen molar-refractivity contribution in [3.63, 3.8) is 0 Å². The average Bonchev–Trinajstić information content (AvgIpc) is 2.85. The lowest BCUT2D eigenvalue weighted by molar-refractivity contribution is -0.0679. The molecule has 6 rings (SSSR count). The Labute approximate surface area is 138 Å². The number of benzene rings is 1. The SMILES string of the molecule is CCC1(C)CC2CC3c4nc5ccc(C)cc5n4CCN(C2)C31. The maximum atomic E-state index is 5.13. The van der Waals surface area contributed by atoms with E-state index in [1.807, 2.05) is 0 Å². The zero-order chi connectivity index (χ0) is 15.8. The van der Waals surface area contributed by atoms with Crippen LogP contribution in [0.15, 0.2) is 18.2 Å². The van der Waals surface area contributed by atoms with E-state index >= 15 is 0 Å². The zero-order valence-corrected chi connectivity index (χ0v) is 14.5. The second-order valence-corrected chi connectivity index (χ2v) is 8.47. The largest absolute Gasteiger partial charge is 0.326 e. The first-order valence-corrected chi connectivity index (χ1v) is 9.30. The van der Waals surface area contributed by atoms with Crippen molar-refractivity contribution >= 4 is 11.0 Å². The van der Waals surface area contributed by atoms with Gasteiger partial charge in [0.1, 0.15) is 5.82 Å². The van der Waals surface area contributed by atoms with Crippen molar-refractivity contribution in [1.82, 2.24) is 14.5 Å². The molecular formula is C20H27N3. The standard InChI is InChI=1S/C20H27N3/c1-4-20(3)11-14-10-15-18(20)22(12-14)7-8-23-17-9-13(2)5-6-16(17)21-19(15)23/h5-6,9,14-15,18H,4,7-8,10-12H2,1-3H3. The van der Waals surface area contributed by atoms with Crippen LogP contribution in [0.2, 0.25) is 0 Å². The van der Waals surface area contributed by atoms with Crippen LogP contribution in [0.25, 0.3) is 11.0 Å². The van der Waals surface area contributed by atoms with Gasteiger partial charge in [-0.05, 0) is 55.2 Å². The van der Waals surface area contributed by atoms with Gasteiger partial charge >= 0.3 is 0 Å². The third kappa shape index (κ3) is 1.83. The van der Waals surface area contributed by atoms with E-state index in [0.29, 0.717) is 17.4 Å². The molecule has 4 heterocycles. The molecule has 5 unspecified atom stereocenters. The normalized spacial score (nSPS) is 38.6. The van der Waals surface area contributed by atoms with Crippen LogP contribution in [-0.2, 0) is 6.54 Å². The Morgan fingerprint density at radius 3 is 3.00 bits per heavy atom. The molecule has 1 aromatic heterocycles. The Balaban J connectivity index is 1.70. The van der Waals surface area contributed by atoms with Crippen LogP contribution in [0.1, 0.15) is 50.4 Å². The number of aryl methyl sites for hydroxylation is 1. The van der Waals surface area contributed by atoms with Crippen LogP contribution >= 0.6 is 0 Å². The number of rotatable bonds is 1. The van der Waals surface area contributed by atoms with Gasteiger partial charge in [-0.25, -0.2) is 4.98 Å². The summed E-state index contributed by atoms with van der Waals surface area (Å²) in [5.74, 6) is 2.87. The van der Waals surface area contributed by atoms with Gasteiger partial charge in [0.25, 0.3) is 0 Å². The molecule has 0 amide bonds. The maximum Gasteiger partial charge on any atom is 0.114 e. The molecule has 2 saturated heterocycles. The molecular weight excluding hydrogens is 282 g/mol. The minimum atomic E-state index is 0.467. The highest BCUT2D eigenvalue weighted by Gasteiger charge is 2.54. The van der Waals surface area contributed by atoms with Crippen molar-refractivity contribution in [3.8, 4) is 0 Å². The fraction of sp³-hybridized carbons (Fsp3) is 0.650. The smallest absolute Gasteiger partial charge is 0.114 e. The summed E-state index contributed by atoms with van der Waals surface area (Å²) >= 11 is 0. The Bertz CT molecular complexity index is 777. The van der Waals surface area contributed by atoms with Gasteiger partial charge < -0.3 is 4.57 Å². The molecule has 122 valence electrons. The van der Waals surface area contributed by atoms with Gasteiger partial charge in [0.05, 0.1) is 11.0 Å². The molecule has 0 radical (unpaired) electrons. The average molecular weight is 309 g/mol. The summed E-state index contributed by atoms with van der Waals surface area (Å²) < 4.78 is 2.55. The van der Waals surface area contributed by atoms with E-state index in [1.165, 1.54) is 54.8 Å². The van der Waals surface area contributed by atoms with E-state index in [-0.39, 0.29) is 0 Å². The molecule has 2 aromatic rings. The maximum absolute atomic E-state index is 5.13. The summed E-state index contributed by atoms with van der Waals surface area (Å²) in [6.07, 6.45) is 4.06. The van der Waals surface area contributed by atoms with E-state index in [1.54, 1.807) is 0 Å². The predicted molar refractivity (Wildman–Crippen MR) is 93.7 cm³/mol. The van der Waals surface area contributed by atoms with Crippen molar-refractivity contribution in [2.45, 2.75) is 58.5 Å². The lowest BCUT2D eigenvalue weighted by atomic mass is 9.58. The van der Waals surface area contributed by atoms with Crippen LogP contribution < -0.4 is 0 Å². The fourth-order valence-corrected chi connectivity index (χ4v) is 5.95. The first-order valence-electron chi connectivity index (χ1n) is 9.30. The van der Waals surface area contributed by atoms with Crippen LogP contribution in [0.4, 0.5) is 0 Å². The Morgan fingerprint density at radius 2 is 2.17 bits per heavy atom. The molecule has 3 fully saturated rings. The zero-order valence-electron chi connectivity index (χ0n) is 14.5. The molecule has 3 heteroatoms. The minimum Gasteiger partial charge on any atom is -0.326 e. The van der Waals surface area contributed by atoms with Gasteiger partial charge in [-0.1, -0.05) is 19.9 Å². The number of nitrogens with zero attached hydrogens (tertiary/aromatic N) is 3. The van der Waals surface area contributed by atoms with Crippen molar-refractivity contribution < 1.29 is 0 Å². The second-order valence-electron chi connectivity index (χ2n) is 8.47. The summed E-state index contributed by atoms with van der Waals surface area (Å²) in [6, 6.07) is 7.43. The summed E-state index contributed by atoms with van der Waals surface area (Å²) in [7, 11) is 0. The van der Waals surface area contributed by atoms with Crippen molar-refractivity contribution in [2.24, 2.45) is 11.3 Å². The van der Waals surface area contributed by atoms with Gasteiger partial charge in [-0.15, -0.1) is 0 Å². The second kappa shape index (κ2) is 4.60. The topological polar surface area (TPSA) is 21.1 Å². The predicted octanol–water partition coefficient (Wildman–Crippen LogP) is 3.95. The highest BCUT2D eigenvalue weighted by atomic mass is 15.3. The van der Waals surface area contributed by atoms with Gasteiger partial charge in [-0.3, -0.25) is 4.90 Å². The molecule has 4 bridgehead atoms. The Kier molecular flexibility index (Phi) is 2.80. The van der Waals surface area contributed by atoms with E-state index in [0.717, 1.165) is 12.5 Å². The molecule has 3 aliphatic heterocycles. The molecule has 1 saturated carbocycles. The fourth-order valence-electron chi connectivity index (χ4n) is 5.95. The quantitative estimate of drug-likeness (QED) is 0.795. The third-order valence-electron chi connectivity index (χ3n) is 7.01. The number of fused-ring (bicyclic) bond motifs is 4. The number of piperidine rings is 2. The van der Waals surface area contributed by atoms with E-state index in [2.05, 4.69) is 48.4 Å². The van der Waals surface area contributed by atoms with Gasteiger partial charge in [-0.2, -0.15) is 0 Å². The summed E-state index contributed by atoms with van der Waals surface area (Å²) in [4.78, 5) is 7.94. The van der Waals surface area contributed by atoms with E-state index < -0.39 is 0 Å². The molecule has 1 aromatic carbocycles. The first-order chi connectivity index (χ1) is 11.1. The Morgan fingerprint density at radius 1 is 1.30 bits per heavy atom. The van der Waals surface area contributed by atoms with Crippen molar-refractivity contribution in [3.05, 3.63) is 29.6 Å². The Hall–Kier alpha value is -1.35. The number of imidazole rings is 1. The van der Waals surface area contributed by atoms with Gasteiger partial charge in [0, 0.05) is 31.6 Å². The monoisotopic (exact) mass is 309 g/mol. The number of hydrogen-bond acceptors (Lipinski definition) is 2. The summed E-state index contributed by atoms with van der Waals surface area (Å²) in [5, 5.41) is 0. The van der Waals surface area contributed by atoms with Crippen LogP contribution in [0.3, 0.4) is 0 Å². The third-order valence-corrected chi connectivity index (χ3v) is 7.01. The highest BCUT2D eigenvalue weighted by Crippen LogP contribution is 2.55. The molecule has 5 atom stereocenters. The van der Waals surface area contributed by atoms with E-state index in [9.17, 15) is 0 Å². The van der Waals surface area contributed by atoms with Crippen molar-refractivity contribution in [1.29, 1.82) is 0 Å². The van der Waals surface area contributed by atoms with Gasteiger partial charge in [0.15, 0.2) is 0 Å². The summed E-state index contributed by atoms with van der Waals surface area (Å²) in [6.45, 7) is 10.7. The molecule has 4 aliphatic rings. The minimum absolute atomic E-state index is 0.467. The lowest BCUT2D eigenvalue weighted by Crippen LogP contribution is -2.60. The molecule has 23 heavy (non-hydrogen) atoms. The molecule has 0 N–H and O–H groups in total. The summed E-state index contributed by atoms with van der Waals surface area (Å²) in [5.41, 5.74) is 4.35. The highest BCUT2D eigenvalue weighted by molar-refractivity contribution is 5.77. The molecule has 0 spiro atoms. The van der Waals surface area contributed by atoms with Crippen LogP contribution in [0.5, 0.6) is 0 Å². The van der Waals surface area contributed by atoms with Crippen molar-refractivity contribution in [2.75, 3.05) is 13.1 Å². The molecule has 3 nitrogen and oxygen atoms in total. The van der Waals surface area contributed by atoms with Gasteiger partial charge in [0.2, 0.25) is 0 Å². The number of hydrogen-bond donors (Lipinski definition) is 0. The lowest BCUT2D eigenvalue weighted by Gasteiger charge is -2.58. The van der Waals surface area contributed by atoms with Crippen LogP contribution in [-0.4, -0.2) is 33.6 Å². The first kappa shape index (κ1) is 14.0. The number of aromatic nitrogens is 2. The molecule has 1 aliphatic carbocycles.